The fourth-order valence-corrected chi connectivity index (χ4v) is 2.39. The highest BCUT2D eigenvalue weighted by Gasteiger charge is 1.99. The molecule has 90 valence electrons. The first-order valence-electron chi connectivity index (χ1n) is 5.63. The van der Waals surface area contributed by atoms with Gasteiger partial charge in [-0.05, 0) is 30.7 Å². The van der Waals surface area contributed by atoms with Crippen LogP contribution in [0.3, 0.4) is 0 Å². The molecule has 3 nitrogen and oxygen atoms in total. The molecule has 17 heavy (non-hydrogen) atoms. The molecule has 1 N–H and O–H groups in total. The Balaban J connectivity index is 1.92. The molecule has 0 atom stereocenters. The lowest BCUT2D eigenvalue weighted by Gasteiger charge is -2.04. The summed E-state index contributed by atoms with van der Waals surface area (Å²) >= 11 is 1.84. The van der Waals surface area contributed by atoms with E-state index in [2.05, 4.69) is 29.4 Å². The number of methoxy groups -OCH3 is 1. The van der Waals surface area contributed by atoms with E-state index in [0.29, 0.717) is 0 Å². The van der Waals surface area contributed by atoms with Crippen molar-refractivity contribution in [2.45, 2.75) is 19.9 Å². The van der Waals surface area contributed by atoms with Crippen LogP contribution in [0.2, 0.25) is 0 Å². The van der Waals surface area contributed by atoms with Gasteiger partial charge in [0.25, 0.3) is 0 Å². The van der Waals surface area contributed by atoms with Gasteiger partial charge >= 0.3 is 0 Å². The Hall–Kier alpha value is -1.55. The van der Waals surface area contributed by atoms with E-state index in [1.807, 2.05) is 23.5 Å². The summed E-state index contributed by atoms with van der Waals surface area (Å²) in [5.74, 6) is 1.65. The molecule has 0 saturated heterocycles. The van der Waals surface area contributed by atoms with Gasteiger partial charge in [0.15, 0.2) is 0 Å². The second-order valence-electron chi connectivity index (χ2n) is 3.66. The zero-order valence-electron chi connectivity index (χ0n) is 10.1. The fourth-order valence-electron chi connectivity index (χ4n) is 1.49. The molecule has 0 fully saturated rings. The highest BCUT2D eigenvalue weighted by atomic mass is 32.1. The summed E-state index contributed by atoms with van der Waals surface area (Å²) in [7, 11) is 1.64. The Labute approximate surface area is 105 Å². The topological polar surface area (TPSA) is 34.1 Å². The molecule has 0 radical (unpaired) electrons. The Morgan fingerprint density at radius 2 is 2.06 bits per heavy atom. The van der Waals surface area contributed by atoms with Gasteiger partial charge in [-0.2, -0.15) is 0 Å². The summed E-state index contributed by atoms with van der Waals surface area (Å²) in [6.07, 6.45) is 2.82. The molecule has 2 rings (SSSR count). The average molecular weight is 248 g/mol. The van der Waals surface area contributed by atoms with E-state index in [-0.39, 0.29) is 0 Å². The maximum atomic E-state index is 5.06. The number of nitrogens with zero attached hydrogens (tertiary/aromatic N) is 1. The maximum absolute atomic E-state index is 5.06. The third kappa shape index (κ3) is 3.20. The predicted molar refractivity (Wildman–Crippen MR) is 71.8 cm³/mol. The molecule has 0 bridgehead atoms. The van der Waals surface area contributed by atoms with Crippen LogP contribution in [0.4, 0.5) is 5.82 Å². The van der Waals surface area contributed by atoms with Crippen LogP contribution in [0.25, 0.3) is 0 Å². The van der Waals surface area contributed by atoms with Crippen molar-refractivity contribution < 1.29 is 4.74 Å². The Morgan fingerprint density at radius 3 is 2.65 bits per heavy atom. The van der Waals surface area contributed by atoms with Crippen LogP contribution in [0.1, 0.15) is 16.7 Å². The van der Waals surface area contributed by atoms with Crippen molar-refractivity contribution in [2.75, 3.05) is 12.4 Å². The van der Waals surface area contributed by atoms with E-state index < -0.39 is 0 Å². The fraction of sp³-hybridized carbons (Fsp3) is 0.308. The monoisotopic (exact) mass is 248 g/mol. The second kappa shape index (κ2) is 5.68. The van der Waals surface area contributed by atoms with Crippen LogP contribution in [0.15, 0.2) is 30.5 Å². The summed E-state index contributed by atoms with van der Waals surface area (Å²) in [5, 5.41) is 3.29. The number of thiophene rings is 1. The first-order chi connectivity index (χ1) is 8.31. The normalized spacial score (nSPS) is 10.2. The number of anilines is 1. The molecule has 0 aliphatic rings. The van der Waals surface area contributed by atoms with Gasteiger partial charge < -0.3 is 10.1 Å². The molecule has 0 saturated carbocycles. The highest BCUT2D eigenvalue weighted by molar-refractivity contribution is 7.12. The zero-order chi connectivity index (χ0) is 12.1. The Morgan fingerprint density at radius 1 is 1.24 bits per heavy atom. The number of aromatic nitrogens is 1. The zero-order valence-corrected chi connectivity index (χ0v) is 10.9. The van der Waals surface area contributed by atoms with Gasteiger partial charge in [0.1, 0.15) is 11.6 Å². The Kier molecular flexibility index (Phi) is 3.98. The van der Waals surface area contributed by atoms with E-state index in [0.717, 1.165) is 24.5 Å². The summed E-state index contributed by atoms with van der Waals surface area (Å²) in [4.78, 5) is 7.01. The lowest BCUT2D eigenvalue weighted by atomic mass is 10.3. The molecule has 0 amide bonds. The standard InChI is InChI=1S/C13H16N2OS/c1-3-11-5-6-12(17-11)9-15-13-7-4-10(16-2)8-14-13/h4-8H,3,9H2,1-2H3,(H,14,15). The summed E-state index contributed by atoms with van der Waals surface area (Å²) in [6.45, 7) is 3.00. The third-order valence-electron chi connectivity index (χ3n) is 2.48. The van der Waals surface area contributed by atoms with Gasteiger partial charge in [0.2, 0.25) is 0 Å². The number of rotatable bonds is 5. The quantitative estimate of drug-likeness (QED) is 0.881. The van der Waals surface area contributed by atoms with Gasteiger partial charge in [0.05, 0.1) is 19.9 Å². The minimum atomic E-state index is 0.778. The number of nitrogens with one attached hydrogen (secondary N) is 1. The van der Waals surface area contributed by atoms with Crippen LogP contribution in [-0.4, -0.2) is 12.1 Å². The summed E-state index contributed by atoms with van der Waals surface area (Å²) in [6, 6.07) is 8.18. The molecule has 2 aromatic heterocycles. The van der Waals surface area contributed by atoms with E-state index in [4.69, 9.17) is 4.74 Å². The molecule has 2 aromatic rings. The lowest BCUT2D eigenvalue weighted by molar-refractivity contribution is 0.413. The first kappa shape index (κ1) is 11.9. The smallest absolute Gasteiger partial charge is 0.137 e. The number of pyridine rings is 1. The van der Waals surface area contributed by atoms with E-state index in [1.165, 1.54) is 9.75 Å². The van der Waals surface area contributed by atoms with Crippen molar-refractivity contribution in [1.82, 2.24) is 4.98 Å². The van der Waals surface area contributed by atoms with Gasteiger partial charge in [-0.1, -0.05) is 6.92 Å². The maximum Gasteiger partial charge on any atom is 0.137 e. The number of hydrogen-bond donors (Lipinski definition) is 1. The van der Waals surface area contributed by atoms with E-state index in [1.54, 1.807) is 13.3 Å². The van der Waals surface area contributed by atoms with Crippen LogP contribution < -0.4 is 10.1 Å². The van der Waals surface area contributed by atoms with Crippen molar-refractivity contribution in [3.05, 3.63) is 40.2 Å². The summed E-state index contributed by atoms with van der Waals surface area (Å²) < 4.78 is 5.06. The van der Waals surface area contributed by atoms with E-state index in [9.17, 15) is 0 Å². The molecule has 0 aliphatic heterocycles. The highest BCUT2D eigenvalue weighted by Crippen LogP contribution is 2.18. The van der Waals surface area contributed by atoms with Gasteiger partial charge in [-0.25, -0.2) is 4.98 Å². The Bertz CT molecular complexity index is 465. The number of ether oxygens (including phenoxy) is 1. The minimum Gasteiger partial charge on any atom is -0.495 e. The molecule has 2 heterocycles. The molecule has 0 aromatic carbocycles. The lowest BCUT2D eigenvalue weighted by Crippen LogP contribution is -1.99. The largest absolute Gasteiger partial charge is 0.495 e. The average Bonchev–Trinajstić information content (AvgIpc) is 2.85. The number of aryl methyl sites for hydroxylation is 1. The SMILES string of the molecule is CCc1ccc(CNc2ccc(OC)cn2)s1. The van der Waals surface area contributed by atoms with Crippen LogP contribution in [-0.2, 0) is 13.0 Å². The number of hydrogen-bond acceptors (Lipinski definition) is 4. The van der Waals surface area contributed by atoms with Crippen molar-refractivity contribution in [2.24, 2.45) is 0 Å². The molecule has 4 heteroatoms. The minimum absolute atomic E-state index is 0.778. The second-order valence-corrected chi connectivity index (χ2v) is 4.91. The van der Waals surface area contributed by atoms with Crippen LogP contribution in [0, 0.1) is 0 Å². The van der Waals surface area contributed by atoms with E-state index >= 15 is 0 Å². The van der Waals surface area contributed by atoms with Gasteiger partial charge in [-0.15, -0.1) is 11.3 Å². The first-order valence-corrected chi connectivity index (χ1v) is 6.45. The molecule has 0 unspecified atom stereocenters. The van der Waals surface area contributed by atoms with Crippen LogP contribution >= 0.6 is 11.3 Å². The van der Waals surface area contributed by atoms with Crippen molar-refractivity contribution in [3.8, 4) is 5.75 Å². The molecule has 0 aliphatic carbocycles. The van der Waals surface area contributed by atoms with Gasteiger partial charge in [0, 0.05) is 9.75 Å². The predicted octanol–water partition coefficient (Wildman–Crippen LogP) is 3.33. The molecule has 0 spiro atoms. The van der Waals surface area contributed by atoms with Gasteiger partial charge in [-0.3, -0.25) is 0 Å². The molecular weight excluding hydrogens is 232 g/mol. The third-order valence-corrected chi connectivity index (χ3v) is 3.71. The summed E-state index contributed by atoms with van der Waals surface area (Å²) in [5.41, 5.74) is 0. The molecular formula is C13H16N2OS. The van der Waals surface area contributed by atoms with Crippen molar-refractivity contribution in [3.63, 3.8) is 0 Å². The van der Waals surface area contributed by atoms with Crippen molar-refractivity contribution >= 4 is 17.2 Å². The van der Waals surface area contributed by atoms with Crippen molar-refractivity contribution in [1.29, 1.82) is 0 Å². The van der Waals surface area contributed by atoms with Crippen LogP contribution in [0.5, 0.6) is 5.75 Å².